The average molecular weight is 615 g/mol. The van der Waals surface area contributed by atoms with Crippen molar-refractivity contribution in [1.82, 2.24) is 19.8 Å². The number of likely N-dealkylation sites (N-methyl/N-ethyl adjacent to an activating group) is 1. The van der Waals surface area contributed by atoms with Crippen LogP contribution in [0.15, 0.2) is 73.1 Å². The molecule has 0 saturated heterocycles. The second-order valence-electron chi connectivity index (χ2n) is 10.7. The number of benzene rings is 2. The normalized spacial score (nSPS) is 10.4. The maximum absolute atomic E-state index is 12.0. The number of carbonyl (C=O) groups excluding carboxylic acids is 4. The Morgan fingerprint density at radius 2 is 1.07 bits per heavy atom. The van der Waals surface area contributed by atoms with E-state index in [-0.39, 0.29) is 37.0 Å². The Morgan fingerprint density at radius 3 is 1.47 bits per heavy atom. The lowest BCUT2D eigenvalue weighted by atomic mass is 10.1. The van der Waals surface area contributed by atoms with E-state index in [2.05, 4.69) is 10.6 Å². The maximum Gasteiger partial charge on any atom is 0.355 e. The van der Waals surface area contributed by atoms with Gasteiger partial charge >= 0.3 is 11.9 Å². The SMILES string of the molecule is CCNC(=O)Cc1ccc(COC(=O)c2cc(C)cn2C)cc1.CCNC(=O)c1ccc(COC(=O)c2cc(C)cn2C)cc1. The molecule has 2 aromatic heterocycles. The van der Waals surface area contributed by atoms with Crippen LogP contribution in [-0.2, 0) is 48.0 Å². The summed E-state index contributed by atoms with van der Waals surface area (Å²) < 4.78 is 14.1. The number of amides is 2. The summed E-state index contributed by atoms with van der Waals surface area (Å²) in [6.45, 7) is 9.24. The van der Waals surface area contributed by atoms with Crippen LogP contribution in [0.2, 0.25) is 0 Å². The molecule has 0 fully saturated rings. The summed E-state index contributed by atoms with van der Waals surface area (Å²) in [4.78, 5) is 47.2. The van der Waals surface area contributed by atoms with Gasteiger partial charge in [-0.15, -0.1) is 0 Å². The van der Waals surface area contributed by atoms with Crippen molar-refractivity contribution >= 4 is 23.8 Å². The molecule has 10 heteroatoms. The van der Waals surface area contributed by atoms with Gasteiger partial charge in [-0.2, -0.15) is 0 Å². The number of nitrogens with one attached hydrogen (secondary N) is 2. The van der Waals surface area contributed by atoms with E-state index in [0.29, 0.717) is 36.5 Å². The predicted molar refractivity (Wildman–Crippen MR) is 172 cm³/mol. The van der Waals surface area contributed by atoms with E-state index in [0.717, 1.165) is 27.8 Å². The summed E-state index contributed by atoms with van der Waals surface area (Å²) in [6, 6.07) is 18.1. The van der Waals surface area contributed by atoms with Crippen LogP contribution in [0.5, 0.6) is 0 Å². The molecule has 2 amide bonds. The molecule has 2 aromatic carbocycles. The molecule has 10 nitrogen and oxygen atoms in total. The van der Waals surface area contributed by atoms with Crippen molar-refractivity contribution in [3.8, 4) is 0 Å². The van der Waals surface area contributed by atoms with Crippen LogP contribution in [-0.4, -0.2) is 46.0 Å². The van der Waals surface area contributed by atoms with Crippen LogP contribution < -0.4 is 10.6 Å². The van der Waals surface area contributed by atoms with Gasteiger partial charge in [-0.1, -0.05) is 36.4 Å². The van der Waals surface area contributed by atoms with Gasteiger partial charge in [0.15, 0.2) is 0 Å². The van der Waals surface area contributed by atoms with Crippen molar-refractivity contribution in [1.29, 1.82) is 0 Å². The van der Waals surface area contributed by atoms with Crippen LogP contribution in [0.1, 0.15) is 73.0 Å². The van der Waals surface area contributed by atoms with E-state index in [9.17, 15) is 19.2 Å². The number of esters is 2. The second-order valence-corrected chi connectivity index (χ2v) is 10.7. The molecule has 0 unspecified atom stereocenters. The first kappa shape index (κ1) is 34.4. The molecule has 0 saturated carbocycles. The Kier molecular flexibility index (Phi) is 12.7. The number of aryl methyl sites for hydroxylation is 4. The van der Waals surface area contributed by atoms with Crippen molar-refractivity contribution in [2.75, 3.05) is 13.1 Å². The maximum atomic E-state index is 12.0. The lowest BCUT2D eigenvalue weighted by molar-refractivity contribution is -0.120. The molecular weight excluding hydrogens is 572 g/mol. The van der Waals surface area contributed by atoms with E-state index in [4.69, 9.17) is 9.47 Å². The van der Waals surface area contributed by atoms with Gasteiger partial charge in [-0.3, -0.25) is 9.59 Å². The lowest BCUT2D eigenvalue weighted by Gasteiger charge is -2.07. The second kappa shape index (κ2) is 16.7. The average Bonchev–Trinajstić information content (AvgIpc) is 3.54. The number of hydrogen-bond donors (Lipinski definition) is 2. The van der Waals surface area contributed by atoms with E-state index in [1.165, 1.54) is 0 Å². The Balaban J connectivity index is 0.000000246. The molecule has 0 aliphatic heterocycles. The molecule has 0 bridgehead atoms. The third kappa shape index (κ3) is 10.5. The third-order valence-corrected chi connectivity index (χ3v) is 6.76. The van der Waals surface area contributed by atoms with Crippen LogP contribution in [0.4, 0.5) is 0 Å². The molecule has 0 spiro atoms. The largest absolute Gasteiger partial charge is 0.456 e. The Morgan fingerprint density at radius 1 is 0.644 bits per heavy atom. The summed E-state index contributed by atoms with van der Waals surface area (Å²) in [5, 5.41) is 5.50. The Labute approximate surface area is 264 Å². The first-order valence-electron chi connectivity index (χ1n) is 14.8. The molecule has 0 aliphatic carbocycles. The van der Waals surface area contributed by atoms with Gasteiger partial charge in [-0.25, -0.2) is 9.59 Å². The van der Waals surface area contributed by atoms with Crippen LogP contribution in [0.25, 0.3) is 0 Å². The van der Waals surface area contributed by atoms with Gasteiger partial charge in [0.1, 0.15) is 24.6 Å². The lowest BCUT2D eigenvalue weighted by Crippen LogP contribution is -2.24. The van der Waals surface area contributed by atoms with Gasteiger partial charge in [-0.05, 0) is 79.8 Å². The molecule has 238 valence electrons. The van der Waals surface area contributed by atoms with E-state index in [1.807, 2.05) is 78.4 Å². The van der Waals surface area contributed by atoms with Gasteiger partial charge in [0, 0.05) is 45.1 Å². The fraction of sp³-hybridized carbons (Fsp3) is 0.314. The monoisotopic (exact) mass is 614 g/mol. The molecule has 0 radical (unpaired) electrons. The highest BCUT2D eigenvalue weighted by atomic mass is 16.5. The standard InChI is InChI=1S/C18H22N2O3.C17H20N2O3/c1-4-19-17(21)10-14-5-7-15(8-6-14)12-23-18(22)16-9-13(2)11-20(16)3;1-4-18-16(20)14-7-5-13(6-8-14)11-22-17(21)15-9-12(2)10-19(15)3/h5-9,11H,4,10,12H2,1-3H3,(H,19,21);5-10H,4,11H2,1-3H3,(H,18,20). The van der Waals surface area contributed by atoms with Gasteiger partial charge in [0.05, 0.1) is 6.42 Å². The highest BCUT2D eigenvalue weighted by Gasteiger charge is 2.13. The highest BCUT2D eigenvalue weighted by Crippen LogP contribution is 2.12. The number of hydrogen-bond acceptors (Lipinski definition) is 6. The fourth-order valence-corrected chi connectivity index (χ4v) is 4.52. The zero-order valence-corrected chi connectivity index (χ0v) is 26.8. The van der Waals surface area contributed by atoms with Crippen LogP contribution >= 0.6 is 0 Å². The molecule has 4 rings (SSSR count). The van der Waals surface area contributed by atoms with Crippen molar-refractivity contribution in [3.63, 3.8) is 0 Å². The molecule has 45 heavy (non-hydrogen) atoms. The van der Waals surface area contributed by atoms with E-state index >= 15 is 0 Å². The number of nitrogens with zero attached hydrogens (tertiary/aromatic N) is 2. The summed E-state index contributed by atoms with van der Waals surface area (Å²) in [5.74, 6) is -0.800. The quantitative estimate of drug-likeness (QED) is 0.234. The summed E-state index contributed by atoms with van der Waals surface area (Å²) in [6.07, 6.45) is 4.11. The smallest absolute Gasteiger partial charge is 0.355 e. The van der Waals surface area contributed by atoms with E-state index in [1.54, 1.807) is 45.5 Å². The predicted octanol–water partition coefficient (Wildman–Crippen LogP) is 4.81. The molecular formula is C35H42N4O6. The molecule has 2 heterocycles. The number of aromatic nitrogens is 2. The Bertz CT molecular complexity index is 1600. The zero-order valence-electron chi connectivity index (χ0n) is 26.8. The topological polar surface area (TPSA) is 121 Å². The minimum Gasteiger partial charge on any atom is -0.456 e. The number of rotatable bonds is 11. The Hall–Kier alpha value is -5.12. The molecule has 0 aliphatic rings. The van der Waals surface area contributed by atoms with Gasteiger partial charge in [0.25, 0.3) is 5.91 Å². The van der Waals surface area contributed by atoms with E-state index < -0.39 is 0 Å². The van der Waals surface area contributed by atoms with Crippen molar-refractivity contribution in [2.24, 2.45) is 14.1 Å². The minimum absolute atomic E-state index is 0.00533. The number of ether oxygens (including phenoxy) is 2. The molecule has 0 atom stereocenters. The van der Waals surface area contributed by atoms with Crippen molar-refractivity contribution in [2.45, 2.75) is 47.3 Å². The zero-order chi connectivity index (χ0) is 32.9. The molecule has 2 N–H and O–H groups in total. The van der Waals surface area contributed by atoms with Crippen LogP contribution in [0.3, 0.4) is 0 Å². The van der Waals surface area contributed by atoms with Crippen LogP contribution in [0, 0.1) is 13.8 Å². The third-order valence-electron chi connectivity index (χ3n) is 6.76. The van der Waals surface area contributed by atoms with Crippen molar-refractivity contribution < 1.29 is 28.7 Å². The first-order valence-corrected chi connectivity index (χ1v) is 14.8. The van der Waals surface area contributed by atoms with Crippen molar-refractivity contribution in [3.05, 3.63) is 118 Å². The van der Waals surface area contributed by atoms with Gasteiger partial charge < -0.3 is 29.2 Å². The summed E-state index contributed by atoms with van der Waals surface area (Å²) in [7, 11) is 3.63. The first-order chi connectivity index (χ1) is 21.5. The van der Waals surface area contributed by atoms with Gasteiger partial charge in [0.2, 0.25) is 5.91 Å². The molecule has 4 aromatic rings. The highest BCUT2D eigenvalue weighted by molar-refractivity contribution is 5.94. The summed E-state index contributed by atoms with van der Waals surface area (Å²) >= 11 is 0. The minimum atomic E-state index is -0.358. The fourth-order valence-electron chi connectivity index (χ4n) is 4.52. The number of carbonyl (C=O) groups is 4. The summed E-state index contributed by atoms with van der Waals surface area (Å²) in [5.41, 5.74) is 6.36.